The van der Waals surface area contributed by atoms with Crippen molar-refractivity contribution in [3.63, 3.8) is 0 Å². The van der Waals surface area contributed by atoms with Crippen LogP contribution in [0.25, 0.3) is 0 Å². The highest BCUT2D eigenvalue weighted by Gasteiger charge is 2.46. The minimum absolute atomic E-state index is 0.114. The summed E-state index contributed by atoms with van der Waals surface area (Å²) in [6.45, 7) is 10.2. The summed E-state index contributed by atoms with van der Waals surface area (Å²) < 4.78 is 11.7. The van der Waals surface area contributed by atoms with E-state index in [1.54, 1.807) is 0 Å². The number of aliphatic hydroxyl groups excluding tert-OH is 1. The average molecular weight is 228 g/mol. The highest BCUT2D eigenvalue weighted by atomic mass is 16.8. The van der Waals surface area contributed by atoms with Crippen LogP contribution in [0.1, 0.15) is 47.5 Å². The van der Waals surface area contributed by atoms with E-state index in [1.807, 2.05) is 26.8 Å². The fraction of sp³-hybridized carbons (Fsp3) is 0.846. The van der Waals surface area contributed by atoms with Crippen LogP contribution in [-0.4, -0.2) is 29.2 Å². The van der Waals surface area contributed by atoms with E-state index in [-0.39, 0.29) is 18.3 Å². The maximum atomic E-state index is 8.78. The Bertz CT molecular complexity index is 266. The molecular weight excluding hydrogens is 204 g/mol. The normalized spacial score (nSPS) is 28.4. The molecule has 1 atom stereocenters. The minimum atomic E-state index is -0.483. The lowest BCUT2D eigenvalue weighted by atomic mass is 9.96. The molecule has 1 fully saturated rings. The smallest absolute Gasteiger partial charge is 0.164 e. The summed E-state index contributed by atoms with van der Waals surface area (Å²) in [5, 5.41) is 8.78. The van der Waals surface area contributed by atoms with Crippen LogP contribution in [-0.2, 0) is 9.47 Å². The summed E-state index contributed by atoms with van der Waals surface area (Å²) in [4.78, 5) is 0. The SMILES string of the molecule is C/C(=C/CO)CC[C@@H]1OC(C)(C)OC1(C)C. The van der Waals surface area contributed by atoms with E-state index in [2.05, 4.69) is 13.8 Å². The Morgan fingerprint density at radius 3 is 2.38 bits per heavy atom. The lowest BCUT2D eigenvalue weighted by Crippen LogP contribution is -2.33. The van der Waals surface area contributed by atoms with Crippen molar-refractivity contribution in [3.8, 4) is 0 Å². The second-order valence-corrected chi connectivity index (χ2v) is 5.48. The van der Waals surface area contributed by atoms with Gasteiger partial charge in [0, 0.05) is 0 Å². The second-order valence-electron chi connectivity index (χ2n) is 5.48. The Morgan fingerprint density at radius 1 is 1.31 bits per heavy atom. The molecule has 16 heavy (non-hydrogen) atoms. The van der Waals surface area contributed by atoms with E-state index in [9.17, 15) is 0 Å². The molecule has 1 N–H and O–H groups in total. The largest absolute Gasteiger partial charge is 0.392 e. The van der Waals surface area contributed by atoms with Gasteiger partial charge in [0.2, 0.25) is 0 Å². The van der Waals surface area contributed by atoms with Crippen molar-refractivity contribution >= 4 is 0 Å². The van der Waals surface area contributed by atoms with Gasteiger partial charge in [-0.2, -0.15) is 0 Å². The zero-order valence-electron chi connectivity index (χ0n) is 11.0. The van der Waals surface area contributed by atoms with Gasteiger partial charge in [0.25, 0.3) is 0 Å². The first-order chi connectivity index (χ1) is 7.27. The lowest BCUT2D eigenvalue weighted by Gasteiger charge is -2.23. The third-order valence-electron chi connectivity index (χ3n) is 2.95. The number of hydrogen-bond acceptors (Lipinski definition) is 3. The minimum Gasteiger partial charge on any atom is -0.392 e. The van der Waals surface area contributed by atoms with Gasteiger partial charge in [0.05, 0.1) is 18.3 Å². The number of allylic oxidation sites excluding steroid dienone is 1. The van der Waals surface area contributed by atoms with Crippen molar-refractivity contribution in [2.45, 2.75) is 65.0 Å². The van der Waals surface area contributed by atoms with Crippen LogP contribution >= 0.6 is 0 Å². The molecule has 3 nitrogen and oxygen atoms in total. The Morgan fingerprint density at radius 2 is 1.94 bits per heavy atom. The van der Waals surface area contributed by atoms with Gasteiger partial charge >= 0.3 is 0 Å². The number of ether oxygens (including phenoxy) is 2. The number of hydrogen-bond donors (Lipinski definition) is 1. The van der Waals surface area contributed by atoms with Crippen molar-refractivity contribution in [1.82, 2.24) is 0 Å². The predicted octanol–water partition coefficient (Wildman–Crippen LogP) is 2.64. The van der Waals surface area contributed by atoms with Crippen molar-refractivity contribution < 1.29 is 14.6 Å². The molecule has 0 aromatic heterocycles. The molecule has 3 heteroatoms. The van der Waals surface area contributed by atoms with Crippen molar-refractivity contribution in [2.24, 2.45) is 0 Å². The monoisotopic (exact) mass is 228 g/mol. The molecule has 0 spiro atoms. The Kier molecular flexibility index (Phi) is 4.16. The van der Waals surface area contributed by atoms with Crippen molar-refractivity contribution in [1.29, 1.82) is 0 Å². The van der Waals surface area contributed by atoms with E-state index in [1.165, 1.54) is 5.57 Å². The van der Waals surface area contributed by atoms with Crippen molar-refractivity contribution in [3.05, 3.63) is 11.6 Å². The van der Waals surface area contributed by atoms with Crippen LogP contribution in [0.5, 0.6) is 0 Å². The highest BCUT2D eigenvalue weighted by molar-refractivity contribution is 5.00. The van der Waals surface area contributed by atoms with Gasteiger partial charge in [-0.1, -0.05) is 11.6 Å². The van der Waals surface area contributed by atoms with Gasteiger partial charge in [-0.15, -0.1) is 0 Å². The summed E-state index contributed by atoms with van der Waals surface area (Å²) in [6, 6.07) is 0. The molecule has 1 heterocycles. The van der Waals surface area contributed by atoms with Crippen molar-refractivity contribution in [2.75, 3.05) is 6.61 Å². The zero-order valence-corrected chi connectivity index (χ0v) is 11.0. The van der Waals surface area contributed by atoms with Crippen LogP contribution in [0, 0.1) is 0 Å². The summed E-state index contributed by atoms with van der Waals surface area (Å²) in [6.07, 6.45) is 3.82. The topological polar surface area (TPSA) is 38.7 Å². The quantitative estimate of drug-likeness (QED) is 0.752. The third-order valence-corrected chi connectivity index (χ3v) is 2.95. The van der Waals surface area contributed by atoms with E-state index in [4.69, 9.17) is 14.6 Å². The molecule has 1 aliphatic heterocycles. The zero-order chi connectivity index (χ0) is 12.4. The molecule has 0 aromatic rings. The lowest BCUT2D eigenvalue weighted by molar-refractivity contribution is -0.157. The molecule has 0 unspecified atom stereocenters. The average Bonchev–Trinajstić information content (AvgIpc) is 2.31. The van der Waals surface area contributed by atoms with Gasteiger partial charge < -0.3 is 14.6 Å². The van der Waals surface area contributed by atoms with Crippen LogP contribution in [0.4, 0.5) is 0 Å². The molecule has 0 aromatic carbocycles. The summed E-state index contributed by atoms with van der Waals surface area (Å²) in [5.41, 5.74) is 0.967. The molecule has 1 saturated heterocycles. The van der Waals surface area contributed by atoms with E-state index in [0.717, 1.165) is 12.8 Å². The summed E-state index contributed by atoms with van der Waals surface area (Å²) in [5.74, 6) is -0.483. The maximum Gasteiger partial charge on any atom is 0.164 e. The number of aliphatic hydroxyl groups is 1. The van der Waals surface area contributed by atoms with E-state index >= 15 is 0 Å². The van der Waals surface area contributed by atoms with Crippen LogP contribution in [0.15, 0.2) is 11.6 Å². The molecule has 94 valence electrons. The highest BCUT2D eigenvalue weighted by Crippen LogP contribution is 2.38. The van der Waals surface area contributed by atoms with Gasteiger partial charge in [-0.05, 0) is 47.5 Å². The Labute approximate surface area is 98.4 Å². The van der Waals surface area contributed by atoms with E-state index in [0.29, 0.717) is 0 Å². The standard InChI is InChI=1S/C13H24O3/c1-10(8-9-14)6-7-11-12(2,3)16-13(4,5)15-11/h8,11,14H,6-7,9H2,1-5H3/b10-8-/t11-/m0/s1. The van der Waals surface area contributed by atoms with E-state index < -0.39 is 5.79 Å². The first kappa shape index (κ1) is 13.7. The molecule has 1 aliphatic rings. The number of rotatable bonds is 4. The second kappa shape index (κ2) is 4.86. The Hall–Kier alpha value is -0.380. The van der Waals surface area contributed by atoms with Gasteiger partial charge in [0.15, 0.2) is 5.79 Å². The summed E-state index contributed by atoms with van der Waals surface area (Å²) >= 11 is 0. The fourth-order valence-electron chi connectivity index (χ4n) is 2.23. The first-order valence-electron chi connectivity index (χ1n) is 5.91. The predicted molar refractivity (Wildman–Crippen MR) is 64.2 cm³/mol. The molecule has 0 bridgehead atoms. The third kappa shape index (κ3) is 3.58. The van der Waals surface area contributed by atoms with Gasteiger partial charge in [-0.25, -0.2) is 0 Å². The molecule has 0 saturated carbocycles. The maximum absolute atomic E-state index is 8.78. The fourth-order valence-corrected chi connectivity index (χ4v) is 2.23. The molecule has 0 radical (unpaired) electrons. The van der Waals surface area contributed by atoms with Gasteiger partial charge in [0.1, 0.15) is 0 Å². The van der Waals surface area contributed by atoms with Crippen LogP contribution in [0.3, 0.4) is 0 Å². The molecular formula is C13H24O3. The molecule has 0 amide bonds. The first-order valence-corrected chi connectivity index (χ1v) is 5.91. The molecule has 0 aliphatic carbocycles. The Balaban J connectivity index is 2.52. The van der Waals surface area contributed by atoms with Gasteiger partial charge in [-0.3, -0.25) is 0 Å². The van der Waals surface area contributed by atoms with Crippen LogP contribution < -0.4 is 0 Å². The summed E-state index contributed by atoms with van der Waals surface area (Å²) in [7, 11) is 0. The van der Waals surface area contributed by atoms with Crippen LogP contribution in [0.2, 0.25) is 0 Å². The molecule has 1 rings (SSSR count).